The number of hydrogen-bond acceptors (Lipinski definition) is 2. The number of fused-ring (bicyclic) bond motifs is 8. The molecule has 2 heterocycles. The van der Waals surface area contributed by atoms with Gasteiger partial charge in [0, 0.05) is 38.3 Å². The third-order valence-corrected chi connectivity index (χ3v) is 10.7. The smallest absolute Gasteiger partial charge is 0.160 e. The lowest BCUT2D eigenvalue weighted by atomic mass is 9.97. The molecule has 0 aliphatic rings. The van der Waals surface area contributed by atoms with E-state index >= 15 is 0 Å². The van der Waals surface area contributed by atoms with Crippen molar-refractivity contribution in [3.05, 3.63) is 194 Å². The van der Waals surface area contributed by atoms with Crippen LogP contribution in [0.15, 0.2) is 199 Å². The summed E-state index contributed by atoms with van der Waals surface area (Å²) in [5.74, 6) is 0. The zero-order valence-corrected chi connectivity index (χ0v) is 28.8. The first-order valence-corrected chi connectivity index (χ1v) is 18.1. The Labute approximate surface area is 306 Å². The van der Waals surface area contributed by atoms with Gasteiger partial charge in [0.25, 0.3) is 0 Å². The van der Waals surface area contributed by atoms with Gasteiger partial charge in [-0.25, -0.2) is 0 Å². The summed E-state index contributed by atoms with van der Waals surface area (Å²) in [5.41, 5.74) is 10.8. The Balaban J connectivity index is 1.25. The first-order chi connectivity index (χ1) is 26.3. The van der Waals surface area contributed by atoms with Crippen LogP contribution < -0.4 is 4.90 Å². The van der Waals surface area contributed by atoms with Crippen molar-refractivity contribution >= 4 is 82.4 Å². The normalized spacial score (nSPS) is 11.8. The molecule has 3 nitrogen and oxygen atoms in total. The lowest BCUT2D eigenvalue weighted by Crippen LogP contribution is -2.11. The maximum absolute atomic E-state index is 6.88. The number of furan rings is 1. The molecule has 0 atom stereocenters. The maximum atomic E-state index is 6.88. The van der Waals surface area contributed by atoms with Crippen LogP contribution in [0, 0.1) is 0 Å². The topological polar surface area (TPSA) is 21.3 Å². The van der Waals surface area contributed by atoms with Gasteiger partial charge in [-0.05, 0) is 81.9 Å². The molecule has 248 valence electrons. The van der Waals surface area contributed by atoms with Crippen molar-refractivity contribution in [1.82, 2.24) is 4.57 Å². The molecule has 0 spiro atoms. The molecule has 9 aromatic carbocycles. The van der Waals surface area contributed by atoms with Crippen molar-refractivity contribution in [1.29, 1.82) is 0 Å². The van der Waals surface area contributed by atoms with Crippen molar-refractivity contribution in [3.8, 4) is 16.8 Å². The van der Waals surface area contributed by atoms with E-state index in [-0.39, 0.29) is 0 Å². The van der Waals surface area contributed by atoms with E-state index in [1.54, 1.807) is 0 Å². The Kier molecular flexibility index (Phi) is 6.55. The Morgan fingerprint density at radius 2 is 1.08 bits per heavy atom. The van der Waals surface area contributed by atoms with E-state index in [0.717, 1.165) is 61.0 Å². The molecule has 0 aliphatic heterocycles. The van der Waals surface area contributed by atoms with E-state index < -0.39 is 0 Å². The van der Waals surface area contributed by atoms with Crippen LogP contribution >= 0.6 is 0 Å². The molecular formula is C50H32N2O. The van der Waals surface area contributed by atoms with Crippen molar-refractivity contribution in [2.75, 3.05) is 4.90 Å². The zero-order valence-electron chi connectivity index (χ0n) is 28.8. The average molecular weight is 677 g/mol. The highest BCUT2D eigenvalue weighted by atomic mass is 16.3. The second-order valence-electron chi connectivity index (χ2n) is 13.7. The van der Waals surface area contributed by atoms with Gasteiger partial charge in [-0.3, -0.25) is 0 Å². The number of anilines is 3. The van der Waals surface area contributed by atoms with Crippen LogP contribution in [0.3, 0.4) is 0 Å². The highest BCUT2D eigenvalue weighted by Crippen LogP contribution is 2.50. The summed E-state index contributed by atoms with van der Waals surface area (Å²) in [4.78, 5) is 2.43. The Morgan fingerprint density at radius 3 is 1.92 bits per heavy atom. The van der Waals surface area contributed by atoms with Crippen molar-refractivity contribution in [2.45, 2.75) is 0 Å². The van der Waals surface area contributed by atoms with Gasteiger partial charge >= 0.3 is 0 Å². The molecule has 0 N–H and O–H groups in total. The largest absolute Gasteiger partial charge is 0.454 e. The number of nitrogens with zero attached hydrogens (tertiary/aromatic N) is 2. The van der Waals surface area contributed by atoms with E-state index in [0.29, 0.717) is 0 Å². The first kappa shape index (κ1) is 29.6. The second kappa shape index (κ2) is 11.7. The van der Waals surface area contributed by atoms with Crippen molar-refractivity contribution in [3.63, 3.8) is 0 Å². The first-order valence-electron chi connectivity index (χ1n) is 18.1. The summed E-state index contributed by atoms with van der Waals surface area (Å²) < 4.78 is 9.27. The quantitative estimate of drug-likeness (QED) is 0.181. The average Bonchev–Trinajstić information content (AvgIpc) is 3.77. The zero-order chi connectivity index (χ0) is 34.9. The van der Waals surface area contributed by atoms with Crippen LogP contribution in [-0.4, -0.2) is 4.57 Å². The van der Waals surface area contributed by atoms with Crippen LogP contribution in [0.4, 0.5) is 17.1 Å². The lowest BCUT2D eigenvalue weighted by Gasteiger charge is -2.28. The standard InChI is InChI=1S/C50H32N2O/c1-2-17-36(18-3-1)51-44-24-10-8-22-42(44)48-45(51)25-13-26-46(48)52(37-30-28-34(29-31-37)39-23-12-16-33-14-4-6-19-38(33)39)49-40-20-7-5-15-35(40)32-43-41-21-9-11-27-47(41)53-50(43)49/h1-32H. The molecule has 0 unspecified atom stereocenters. The minimum Gasteiger partial charge on any atom is -0.454 e. The monoisotopic (exact) mass is 676 g/mol. The SMILES string of the molecule is c1ccc(-n2c3ccccc3c3c(N(c4ccc(-c5cccc6ccccc56)cc4)c4c5ccccc5cc5c4oc4ccccc45)cccc32)cc1. The van der Waals surface area contributed by atoms with E-state index in [4.69, 9.17) is 4.42 Å². The van der Waals surface area contributed by atoms with E-state index in [1.807, 2.05) is 6.07 Å². The minimum absolute atomic E-state index is 0.867. The third-order valence-electron chi connectivity index (χ3n) is 10.7. The van der Waals surface area contributed by atoms with Gasteiger partial charge in [0.1, 0.15) is 5.58 Å². The number of benzene rings is 9. The predicted octanol–water partition coefficient (Wildman–Crippen LogP) is 14.1. The number of hydrogen-bond donors (Lipinski definition) is 0. The molecule has 0 saturated carbocycles. The minimum atomic E-state index is 0.867. The summed E-state index contributed by atoms with van der Waals surface area (Å²) in [6.07, 6.45) is 0. The highest BCUT2D eigenvalue weighted by molar-refractivity contribution is 6.22. The Bertz CT molecular complexity index is 3160. The summed E-state index contributed by atoms with van der Waals surface area (Å²) in [5, 5.41) is 9.36. The van der Waals surface area contributed by atoms with Crippen LogP contribution in [0.2, 0.25) is 0 Å². The number of rotatable bonds is 5. The van der Waals surface area contributed by atoms with Crippen molar-refractivity contribution in [2.24, 2.45) is 0 Å². The molecule has 0 amide bonds. The van der Waals surface area contributed by atoms with Gasteiger partial charge in [0.05, 0.1) is 22.4 Å². The second-order valence-corrected chi connectivity index (χ2v) is 13.7. The summed E-state index contributed by atoms with van der Waals surface area (Å²) in [7, 11) is 0. The highest BCUT2D eigenvalue weighted by Gasteiger charge is 2.26. The van der Waals surface area contributed by atoms with E-state index in [1.165, 1.54) is 38.2 Å². The van der Waals surface area contributed by atoms with Crippen LogP contribution in [0.5, 0.6) is 0 Å². The summed E-state index contributed by atoms with van der Waals surface area (Å²) >= 11 is 0. The van der Waals surface area contributed by atoms with E-state index in [9.17, 15) is 0 Å². The molecule has 11 rings (SSSR count). The van der Waals surface area contributed by atoms with Crippen molar-refractivity contribution < 1.29 is 4.42 Å². The number of para-hydroxylation sites is 3. The Hall–Kier alpha value is -7.10. The van der Waals surface area contributed by atoms with Crippen LogP contribution in [0.25, 0.3) is 82.1 Å². The number of aromatic nitrogens is 1. The molecule has 53 heavy (non-hydrogen) atoms. The lowest BCUT2D eigenvalue weighted by molar-refractivity contribution is 0.669. The van der Waals surface area contributed by atoms with Gasteiger partial charge in [-0.2, -0.15) is 0 Å². The van der Waals surface area contributed by atoms with Gasteiger partial charge in [-0.15, -0.1) is 0 Å². The van der Waals surface area contributed by atoms with Gasteiger partial charge in [0.15, 0.2) is 5.58 Å². The predicted molar refractivity (Wildman–Crippen MR) is 223 cm³/mol. The molecule has 11 aromatic rings. The fourth-order valence-corrected chi connectivity index (χ4v) is 8.42. The molecule has 0 aliphatic carbocycles. The molecule has 3 heteroatoms. The van der Waals surface area contributed by atoms with Crippen LogP contribution in [0.1, 0.15) is 0 Å². The Morgan fingerprint density at radius 1 is 0.434 bits per heavy atom. The molecule has 0 radical (unpaired) electrons. The molecular weight excluding hydrogens is 645 g/mol. The van der Waals surface area contributed by atoms with Gasteiger partial charge in [0.2, 0.25) is 0 Å². The third kappa shape index (κ3) is 4.54. The maximum Gasteiger partial charge on any atom is 0.160 e. The molecule has 0 bridgehead atoms. The fraction of sp³-hybridized carbons (Fsp3) is 0. The summed E-state index contributed by atoms with van der Waals surface area (Å²) in [6.45, 7) is 0. The van der Waals surface area contributed by atoms with Gasteiger partial charge in [-0.1, -0.05) is 140 Å². The molecule has 2 aromatic heterocycles. The molecule has 0 saturated heterocycles. The molecule has 0 fully saturated rings. The van der Waals surface area contributed by atoms with Crippen LogP contribution in [-0.2, 0) is 0 Å². The van der Waals surface area contributed by atoms with Gasteiger partial charge < -0.3 is 13.9 Å². The summed E-state index contributed by atoms with van der Waals surface area (Å²) in [6, 6.07) is 69.7. The fourth-order valence-electron chi connectivity index (χ4n) is 8.42. The van der Waals surface area contributed by atoms with E-state index in [2.05, 4.69) is 198 Å².